The van der Waals surface area contributed by atoms with Gasteiger partial charge in [0.05, 0.1) is 7.11 Å². The highest BCUT2D eigenvalue weighted by Gasteiger charge is 2.15. The van der Waals surface area contributed by atoms with E-state index in [0.29, 0.717) is 11.6 Å². The predicted molar refractivity (Wildman–Crippen MR) is 98.1 cm³/mol. The van der Waals surface area contributed by atoms with E-state index >= 15 is 0 Å². The maximum absolute atomic E-state index is 12.7. The molecule has 0 atom stereocenters. The number of carbonyl (C=O) groups excluding carboxylic acids is 1. The van der Waals surface area contributed by atoms with Crippen LogP contribution in [0.25, 0.3) is 10.9 Å². The van der Waals surface area contributed by atoms with Crippen LogP contribution >= 0.6 is 0 Å². The number of aromatic nitrogens is 1. The van der Waals surface area contributed by atoms with E-state index in [0.717, 1.165) is 33.5 Å². The number of para-hydroxylation sites is 1. The van der Waals surface area contributed by atoms with Gasteiger partial charge in [0.2, 0.25) is 0 Å². The predicted octanol–water partition coefficient (Wildman–Crippen LogP) is 4.86. The standard InChI is InChI=1S/C20H22N2O2/c1-12(2)16-7-5-6-13(3)19(16)22-20(23)18-11-14-10-15(24-4)8-9-17(14)21-18/h5-12,21H,1-4H3,(H,22,23). The fraction of sp³-hybridized carbons (Fsp3) is 0.250. The minimum atomic E-state index is -0.138. The highest BCUT2D eigenvalue weighted by atomic mass is 16.5. The molecule has 2 aromatic carbocycles. The van der Waals surface area contributed by atoms with Gasteiger partial charge in [-0.1, -0.05) is 32.0 Å². The van der Waals surface area contributed by atoms with Crippen LogP contribution < -0.4 is 10.1 Å². The average Bonchev–Trinajstić information content (AvgIpc) is 2.99. The van der Waals surface area contributed by atoms with Gasteiger partial charge in [-0.25, -0.2) is 0 Å². The zero-order valence-electron chi connectivity index (χ0n) is 14.4. The fourth-order valence-corrected chi connectivity index (χ4v) is 2.88. The summed E-state index contributed by atoms with van der Waals surface area (Å²) in [5.41, 5.74) is 4.55. The van der Waals surface area contributed by atoms with E-state index in [2.05, 4.69) is 30.2 Å². The Morgan fingerprint density at radius 1 is 1.17 bits per heavy atom. The maximum Gasteiger partial charge on any atom is 0.272 e. The number of methoxy groups -OCH3 is 1. The van der Waals surface area contributed by atoms with Gasteiger partial charge in [0.15, 0.2) is 0 Å². The molecule has 0 saturated carbocycles. The minimum absolute atomic E-state index is 0.138. The molecule has 1 amide bonds. The first-order chi connectivity index (χ1) is 11.5. The quantitative estimate of drug-likeness (QED) is 0.720. The maximum atomic E-state index is 12.7. The molecular formula is C20H22N2O2. The van der Waals surface area contributed by atoms with Crippen molar-refractivity contribution in [1.29, 1.82) is 0 Å². The van der Waals surface area contributed by atoms with Gasteiger partial charge in [0.25, 0.3) is 5.91 Å². The van der Waals surface area contributed by atoms with Gasteiger partial charge in [0.1, 0.15) is 11.4 Å². The van der Waals surface area contributed by atoms with E-state index in [4.69, 9.17) is 4.74 Å². The summed E-state index contributed by atoms with van der Waals surface area (Å²) >= 11 is 0. The van der Waals surface area contributed by atoms with Crippen LogP contribution in [0.3, 0.4) is 0 Å². The molecule has 0 radical (unpaired) electrons. The molecule has 0 aliphatic heterocycles. The van der Waals surface area contributed by atoms with E-state index < -0.39 is 0 Å². The minimum Gasteiger partial charge on any atom is -0.497 e. The first-order valence-electron chi connectivity index (χ1n) is 8.07. The van der Waals surface area contributed by atoms with Crippen LogP contribution in [-0.4, -0.2) is 18.0 Å². The molecule has 0 fully saturated rings. The highest BCUT2D eigenvalue weighted by molar-refractivity contribution is 6.06. The number of ether oxygens (including phenoxy) is 1. The summed E-state index contributed by atoms with van der Waals surface area (Å²) in [6.07, 6.45) is 0. The van der Waals surface area contributed by atoms with Crippen molar-refractivity contribution in [3.05, 3.63) is 59.3 Å². The van der Waals surface area contributed by atoms with E-state index in [1.807, 2.05) is 43.3 Å². The van der Waals surface area contributed by atoms with Crippen LogP contribution in [0.1, 0.15) is 41.4 Å². The van der Waals surface area contributed by atoms with E-state index in [1.165, 1.54) is 0 Å². The summed E-state index contributed by atoms with van der Waals surface area (Å²) in [5.74, 6) is 0.975. The van der Waals surface area contributed by atoms with Crippen molar-refractivity contribution < 1.29 is 9.53 Å². The van der Waals surface area contributed by atoms with Crippen LogP contribution in [0.2, 0.25) is 0 Å². The lowest BCUT2D eigenvalue weighted by molar-refractivity contribution is 0.102. The zero-order valence-corrected chi connectivity index (χ0v) is 14.4. The fourth-order valence-electron chi connectivity index (χ4n) is 2.88. The summed E-state index contributed by atoms with van der Waals surface area (Å²) in [7, 11) is 1.63. The van der Waals surface area contributed by atoms with Gasteiger partial charge in [-0.15, -0.1) is 0 Å². The van der Waals surface area contributed by atoms with Crippen molar-refractivity contribution in [1.82, 2.24) is 4.98 Å². The Kier molecular flexibility index (Phi) is 4.30. The third kappa shape index (κ3) is 3.00. The average molecular weight is 322 g/mol. The van der Waals surface area contributed by atoms with E-state index in [-0.39, 0.29) is 5.91 Å². The summed E-state index contributed by atoms with van der Waals surface area (Å²) < 4.78 is 5.23. The van der Waals surface area contributed by atoms with Gasteiger partial charge in [-0.2, -0.15) is 0 Å². The number of benzene rings is 2. The highest BCUT2D eigenvalue weighted by Crippen LogP contribution is 2.28. The smallest absolute Gasteiger partial charge is 0.272 e. The molecule has 0 aliphatic rings. The molecule has 124 valence electrons. The molecule has 0 unspecified atom stereocenters. The topological polar surface area (TPSA) is 54.1 Å². The lowest BCUT2D eigenvalue weighted by Gasteiger charge is -2.16. The number of aryl methyl sites for hydroxylation is 1. The van der Waals surface area contributed by atoms with E-state index in [9.17, 15) is 4.79 Å². The molecule has 4 nitrogen and oxygen atoms in total. The van der Waals surface area contributed by atoms with Crippen LogP contribution in [0, 0.1) is 6.92 Å². The summed E-state index contributed by atoms with van der Waals surface area (Å²) in [6.45, 7) is 6.26. The van der Waals surface area contributed by atoms with Gasteiger partial charge < -0.3 is 15.0 Å². The van der Waals surface area contributed by atoms with Crippen molar-refractivity contribution in [2.45, 2.75) is 26.7 Å². The number of H-pyrrole nitrogens is 1. The Hall–Kier alpha value is -2.75. The van der Waals surface area contributed by atoms with Crippen molar-refractivity contribution in [3.63, 3.8) is 0 Å². The number of aromatic amines is 1. The molecule has 0 aliphatic carbocycles. The van der Waals surface area contributed by atoms with Crippen molar-refractivity contribution in [2.75, 3.05) is 12.4 Å². The monoisotopic (exact) mass is 322 g/mol. The van der Waals surface area contributed by atoms with Crippen LogP contribution in [0.15, 0.2) is 42.5 Å². The number of nitrogens with one attached hydrogen (secondary N) is 2. The number of rotatable bonds is 4. The van der Waals surface area contributed by atoms with Crippen molar-refractivity contribution in [3.8, 4) is 5.75 Å². The molecule has 3 rings (SSSR count). The normalized spacial score (nSPS) is 11.0. The first kappa shape index (κ1) is 16.1. The molecule has 1 heterocycles. The number of amides is 1. The third-order valence-electron chi connectivity index (χ3n) is 4.24. The lowest BCUT2D eigenvalue weighted by Crippen LogP contribution is -2.15. The molecule has 4 heteroatoms. The van der Waals surface area contributed by atoms with Crippen LogP contribution in [0.4, 0.5) is 5.69 Å². The number of fused-ring (bicyclic) bond motifs is 1. The molecule has 0 bridgehead atoms. The molecule has 0 saturated heterocycles. The largest absolute Gasteiger partial charge is 0.497 e. The second-order valence-electron chi connectivity index (χ2n) is 6.28. The van der Waals surface area contributed by atoms with Gasteiger partial charge in [0, 0.05) is 16.6 Å². The lowest BCUT2D eigenvalue weighted by atomic mass is 9.98. The Balaban J connectivity index is 1.93. The van der Waals surface area contributed by atoms with E-state index in [1.54, 1.807) is 7.11 Å². The summed E-state index contributed by atoms with van der Waals surface area (Å²) in [4.78, 5) is 15.9. The Morgan fingerprint density at radius 2 is 1.96 bits per heavy atom. The number of carbonyl (C=O) groups is 1. The summed E-state index contributed by atoms with van der Waals surface area (Å²) in [5, 5.41) is 4.02. The number of hydrogen-bond acceptors (Lipinski definition) is 2. The molecule has 24 heavy (non-hydrogen) atoms. The first-order valence-corrected chi connectivity index (χ1v) is 8.07. The summed E-state index contributed by atoms with van der Waals surface area (Å²) in [6, 6.07) is 13.6. The second kappa shape index (κ2) is 6.40. The Bertz CT molecular complexity index is 894. The second-order valence-corrected chi connectivity index (χ2v) is 6.28. The number of anilines is 1. The SMILES string of the molecule is COc1ccc2[nH]c(C(=O)Nc3c(C)cccc3C(C)C)cc2c1. The molecule has 1 aromatic heterocycles. The zero-order chi connectivity index (χ0) is 17.3. The van der Waals surface area contributed by atoms with Gasteiger partial charge >= 0.3 is 0 Å². The Morgan fingerprint density at radius 3 is 2.67 bits per heavy atom. The molecule has 0 spiro atoms. The van der Waals surface area contributed by atoms with Crippen LogP contribution in [0.5, 0.6) is 5.75 Å². The van der Waals surface area contributed by atoms with Crippen molar-refractivity contribution >= 4 is 22.5 Å². The third-order valence-corrected chi connectivity index (χ3v) is 4.24. The molecular weight excluding hydrogens is 300 g/mol. The Labute approximate surface area is 141 Å². The van der Waals surface area contributed by atoms with Crippen LogP contribution in [-0.2, 0) is 0 Å². The van der Waals surface area contributed by atoms with Crippen molar-refractivity contribution in [2.24, 2.45) is 0 Å². The number of hydrogen-bond donors (Lipinski definition) is 2. The van der Waals surface area contributed by atoms with Gasteiger partial charge in [-0.05, 0) is 48.2 Å². The molecule has 3 aromatic rings. The molecule has 2 N–H and O–H groups in total. The van der Waals surface area contributed by atoms with Gasteiger partial charge in [-0.3, -0.25) is 4.79 Å².